The summed E-state index contributed by atoms with van der Waals surface area (Å²) in [7, 11) is 2.12. The summed E-state index contributed by atoms with van der Waals surface area (Å²) in [6, 6.07) is 19.0. The van der Waals surface area contributed by atoms with Crippen LogP contribution in [0.4, 0.5) is 0 Å². The smallest absolute Gasteiger partial charge is 0.243 e. The van der Waals surface area contributed by atoms with Crippen molar-refractivity contribution in [3.63, 3.8) is 0 Å². The van der Waals surface area contributed by atoms with Gasteiger partial charge in [0.05, 0.1) is 13.2 Å². The lowest BCUT2D eigenvalue weighted by Crippen LogP contribution is -2.61. The summed E-state index contributed by atoms with van der Waals surface area (Å²) in [6.07, 6.45) is 2.54. The number of carbonyl (C=O) groups excluding carboxylic acids is 1. The van der Waals surface area contributed by atoms with Gasteiger partial charge in [0, 0.05) is 32.5 Å². The Labute approximate surface area is 161 Å². The van der Waals surface area contributed by atoms with Gasteiger partial charge in [0.1, 0.15) is 5.54 Å². The van der Waals surface area contributed by atoms with Gasteiger partial charge in [-0.1, -0.05) is 54.6 Å². The first kappa shape index (κ1) is 18.2. The molecule has 4 nitrogen and oxygen atoms in total. The van der Waals surface area contributed by atoms with Gasteiger partial charge >= 0.3 is 0 Å². The van der Waals surface area contributed by atoms with E-state index < -0.39 is 5.54 Å². The van der Waals surface area contributed by atoms with Crippen molar-refractivity contribution in [2.45, 2.75) is 24.8 Å². The summed E-state index contributed by atoms with van der Waals surface area (Å²) >= 11 is 0. The Balaban J connectivity index is 1.57. The summed E-state index contributed by atoms with van der Waals surface area (Å²) in [6.45, 7) is 3.55. The zero-order chi connectivity index (χ0) is 18.7. The van der Waals surface area contributed by atoms with Crippen LogP contribution < -0.4 is 0 Å². The molecule has 0 spiro atoms. The van der Waals surface area contributed by atoms with Gasteiger partial charge in [0.25, 0.3) is 0 Å². The minimum Gasteiger partial charge on any atom is -0.378 e. The normalized spacial score (nSPS) is 18.5. The minimum absolute atomic E-state index is 0.262. The Hall–Kier alpha value is -2.17. The molecule has 4 rings (SSSR count). The van der Waals surface area contributed by atoms with E-state index in [9.17, 15) is 4.79 Å². The van der Waals surface area contributed by atoms with Crippen LogP contribution in [0, 0.1) is 0 Å². The van der Waals surface area contributed by atoms with Crippen molar-refractivity contribution < 1.29 is 9.53 Å². The first-order valence-electron chi connectivity index (χ1n) is 9.88. The molecule has 0 aromatic heterocycles. The van der Waals surface area contributed by atoms with Gasteiger partial charge in [-0.15, -0.1) is 0 Å². The average molecular weight is 364 g/mol. The molecule has 0 atom stereocenters. The lowest BCUT2D eigenvalue weighted by molar-refractivity contribution is -0.147. The van der Waals surface area contributed by atoms with Crippen LogP contribution in [0.25, 0.3) is 0 Å². The highest BCUT2D eigenvalue weighted by Crippen LogP contribution is 2.36. The van der Waals surface area contributed by atoms with E-state index in [2.05, 4.69) is 60.5 Å². The van der Waals surface area contributed by atoms with E-state index in [-0.39, 0.29) is 5.91 Å². The van der Waals surface area contributed by atoms with Gasteiger partial charge in [0.15, 0.2) is 0 Å². The molecule has 142 valence electrons. The SMILES string of the molecule is CN(CCc1ccccc1)C1(C(=O)N2CCOCC2)Cc2ccccc2C1. The summed E-state index contributed by atoms with van der Waals surface area (Å²) < 4.78 is 5.47. The highest BCUT2D eigenvalue weighted by Gasteiger charge is 2.48. The third kappa shape index (κ3) is 3.64. The fourth-order valence-electron chi connectivity index (χ4n) is 4.40. The Bertz CT molecular complexity index is 759. The molecule has 1 fully saturated rings. The third-order valence-corrected chi connectivity index (χ3v) is 6.09. The van der Waals surface area contributed by atoms with Crippen molar-refractivity contribution in [2.24, 2.45) is 0 Å². The van der Waals surface area contributed by atoms with Crippen molar-refractivity contribution in [2.75, 3.05) is 39.9 Å². The number of hydrogen-bond acceptors (Lipinski definition) is 3. The first-order valence-corrected chi connectivity index (χ1v) is 9.88. The fourth-order valence-corrected chi connectivity index (χ4v) is 4.40. The predicted molar refractivity (Wildman–Crippen MR) is 107 cm³/mol. The van der Waals surface area contributed by atoms with Crippen molar-refractivity contribution in [3.8, 4) is 0 Å². The van der Waals surface area contributed by atoms with Crippen molar-refractivity contribution in [3.05, 3.63) is 71.3 Å². The molecule has 2 aliphatic rings. The second-order valence-corrected chi connectivity index (χ2v) is 7.72. The molecule has 2 aromatic carbocycles. The molecule has 2 aromatic rings. The number of rotatable bonds is 5. The van der Waals surface area contributed by atoms with Crippen LogP contribution >= 0.6 is 0 Å². The number of hydrogen-bond donors (Lipinski definition) is 0. The molecule has 1 aliphatic carbocycles. The Morgan fingerprint density at radius 2 is 1.59 bits per heavy atom. The molecular weight excluding hydrogens is 336 g/mol. The van der Waals surface area contributed by atoms with Crippen molar-refractivity contribution >= 4 is 5.91 Å². The number of nitrogens with zero attached hydrogens (tertiary/aromatic N) is 2. The number of likely N-dealkylation sites (N-methyl/N-ethyl adjacent to an activating group) is 1. The monoisotopic (exact) mass is 364 g/mol. The largest absolute Gasteiger partial charge is 0.378 e. The molecule has 1 amide bonds. The van der Waals surface area contributed by atoms with E-state index in [1.54, 1.807) is 0 Å². The molecule has 0 unspecified atom stereocenters. The predicted octanol–water partition coefficient (Wildman–Crippen LogP) is 2.56. The Kier molecular flexibility index (Phi) is 5.28. The summed E-state index contributed by atoms with van der Waals surface area (Å²) in [4.78, 5) is 18.0. The van der Waals surface area contributed by atoms with Gasteiger partial charge in [-0.3, -0.25) is 9.69 Å². The zero-order valence-electron chi connectivity index (χ0n) is 16.1. The number of benzene rings is 2. The van der Waals surface area contributed by atoms with Crippen molar-refractivity contribution in [1.82, 2.24) is 9.80 Å². The molecule has 4 heteroatoms. The molecule has 0 bridgehead atoms. The average Bonchev–Trinajstić information content (AvgIpc) is 3.14. The maximum absolute atomic E-state index is 13.7. The molecule has 1 aliphatic heterocycles. The van der Waals surface area contributed by atoms with Gasteiger partial charge in [-0.2, -0.15) is 0 Å². The highest BCUT2D eigenvalue weighted by atomic mass is 16.5. The molecule has 1 saturated heterocycles. The standard InChI is InChI=1S/C23H28N2O2/c1-24(12-11-19-7-3-2-4-8-19)23(22(26)25-13-15-27-16-14-25)17-20-9-5-6-10-21(20)18-23/h2-10H,11-18H2,1H3. The molecule has 1 heterocycles. The maximum atomic E-state index is 13.7. The second-order valence-electron chi connectivity index (χ2n) is 7.72. The number of fused-ring (bicyclic) bond motifs is 1. The highest BCUT2D eigenvalue weighted by molar-refractivity contribution is 5.88. The molecule has 0 saturated carbocycles. The summed E-state index contributed by atoms with van der Waals surface area (Å²) in [5.41, 5.74) is 3.46. The summed E-state index contributed by atoms with van der Waals surface area (Å²) in [5.74, 6) is 0.262. The third-order valence-electron chi connectivity index (χ3n) is 6.09. The first-order chi connectivity index (χ1) is 13.2. The lowest BCUT2D eigenvalue weighted by Gasteiger charge is -2.42. The minimum atomic E-state index is -0.476. The van der Waals surface area contributed by atoms with Gasteiger partial charge in [-0.05, 0) is 30.2 Å². The van der Waals surface area contributed by atoms with E-state index in [1.807, 2.05) is 11.0 Å². The maximum Gasteiger partial charge on any atom is 0.243 e. The molecule has 0 N–H and O–H groups in total. The Morgan fingerprint density at radius 3 is 2.22 bits per heavy atom. The van der Waals surface area contributed by atoms with Gasteiger partial charge in [-0.25, -0.2) is 0 Å². The van der Waals surface area contributed by atoms with Crippen LogP contribution in [-0.2, 0) is 28.8 Å². The van der Waals surface area contributed by atoms with E-state index in [4.69, 9.17) is 4.74 Å². The van der Waals surface area contributed by atoms with Crippen LogP contribution in [0.3, 0.4) is 0 Å². The quantitative estimate of drug-likeness (QED) is 0.817. The topological polar surface area (TPSA) is 32.8 Å². The fraction of sp³-hybridized carbons (Fsp3) is 0.435. The van der Waals surface area contributed by atoms with Gasteiger partial charge < -0.3 is 9.64 Å². The summed E-state index contributed by atoms with van der Waals surface area (Å²) in [5, 5.41) is 0. The second kappa shape index (κ2) is 7.83. The van der Waals surface area contributed by atoms with E-state index in [0.29, 0.717) is 26.3 Å². The van der Waals surface area contributed by atoms with Crippen molar-refractivity contribution in [1.29, 1.82) is 0 Å². The molecule has 0 radical (unpaired) electrons. The van der Waals surface area contributed by atoms with Crippen LogP contribution in [0.1, 0.15) is 16.7 Å². The van der Waals surface area contributed by atoms with E-state index in [1.165, 1.54) is 16.7 Å². The van der Waals surface area contributed by atoms with Crippen LogP contribution in [0.2, 0.25) is 0 Å². The van der Waals surface area contributed by atoms with Crippen LogP contribution in [0.15, 0.2) is 54.6 Å². The molecule has 27 heavy (non-hydrogen) atoms. The Morgan fingerprint density at radius 1 is 1.00 bits per heavy atom. The number of morpholine rings is 1. The molecular formula is C23H28N2O2. The van der Waals surface area contributed by atoms with Gasteiger partial charge in [0.2, 0.25) is 5.91 Å². The van der Waals surface area contributed by atoms with E-state index >= 15 is 0 Å². The number of amides is 1. The lowest BCUT2D eigenvalue weighted by atomic mass is 9.90. The van der Waals surface area contributed by atoms with E-state index in [0.717, 1.165) is 25.8 Å². The zero-order valence-corrected chi connectivity index (χ0v) is 16.1. The van der Waals surface area contributed by atoms with Crippen LogP contribution in [-0.4, -0.2) is 61.1 Å². The number of ether oxygens (including phenoxy) is 1. The number of carbonyl (C=O) groups is 1. The van der Waals surface area contributed by atoms with Crippen LogP contribution in [0.5, 0.6) is 0 Å².